The maximum Gasteiger partial charge on any atom is 0.330 e. The quantitative estimate of drug-likeness (QED) is 0.0838. The van der Waals surface area contributed by atoms with E-state index >= 15 is 0 Å². The molecule has 0 rings (SSSR count). The molecule has 198 valence electrons. The summed E-state index contributed by atoms with van der Waals surface area (Å²) in [5.74, 6) is -1.04. The highest BCUT2D eigenvalue weighted by molar-refractivity contribution is 5.82. The van der Waals surface area contributed by atoms with Gasteiger partial charge in [-0.3, -0.25) is 4.79 Å². The first-order chi connectivity index (χ1) is 16.5. The van der Waals surface area contributed by atoms with E-state index in [2.05, 4.69) is 6.92 Å². The molecule has 34 heavy (non-hydrogen) atoms. The molecule has 0 bridgehead atoms. The molecule has 2 N–H and O–H groups in total. The molecule has 0 aromatic heterocycles. The van der Waals surface area contributed by atoms with Crippen LogP contribution in [0.25, 0.3) is 0 Å². The van der Waals surface area contributed by atoms with E-state index < -0.39 is 24.8 Å². The first-order valence-corrected chi connectivity index (χ1v) is 13.3. The van der Waals surface area contributed by atoms with E-state index in [-0.39, 0.29) is 25.4 Å². The minimum atomic E-state index is -0.923. The Morgan fingerprint density at radius 1 is 0.882 bits per heavy atom. The van der Waals surface area contributed by atoms with E-state index in [9.17, 15) is 24.6 Å². The Labute approximate surface area is 206 Å². The molecule has 0 aliphatic carbocycles. The van der Waals surface area contributed by atoms with Crippen LogP contribution in [0, 0.1) is 0 Å². The van der Waals surface area contributed by atoms with Crippen molar-refractivity contribution in [1.82, 2.24) is 0 Å². The summed E-state index contributed by atoms with van der Waals surface area (Å²) in [7, 11) is 0. The van der Waals surface area contributed by atoms with E-state index in [0.29, 0.717) is 12.8 Å². The van der Waals surface area contributed by atoms with Gasteiger partial charge >= 0.3 is 11.9 Å². The second kappa shape index (κ2) is 24.4. The van der Waals surface area contributed by atoms with Gasteiger partial charge in [-0.25, -0.2) is 4.79 Å². The van der Waals surface area contributed by atoms with E-state index in [4.69, 9.17) is 9.47 Å². The Morgan fingerprint density at radius 2 is 1.44 bits per heavy atom. The van der Waals surface area contributed by atoms with Crippen LogP contribution in [0.5, 0.6) is 0 Å². The summed E-state index contributed by atoms with van der Waals surface area (Å²) in [6, 6.07) is 0. The Kier molecular flexibility index (Phi) is 23.2. The van der Waals surface area contributed by atoms with Crippen molar-refractivity contribution in [2.45, 2.75) is 128 Å². The Hall–Kier alpha value is -1.73. The Balaban J connectivity index is 3.69. The summed E-state index contributed by atoms with van der Waals surface area (Å²) in [5, 5.41) is 18.9. The minimum absolute atomic E-state index is 0.185. The molecule has 2 atom stereocenters. The van der Waals surface area contributed by atoms with Gasteiger partial charge in [-0.05, 0) is 19.3 Å². The van der Waals surface area contributed by atoms with Crippen molar-refractivity contribution in [2.75, 3.05) is 13.2 Å². The molecule has 0 radical (unpaired) electrons. The highest BCUT2D eigenvalue weighted by Gasteiger charge is 2.15. The molecule has 0 saturated heterocycles. The number of ether oxygens (including phenoxy) is 2. The summed E-state index contributed by atoms with van der Waals surface area (Å²) in [6.45, 7) is 1.61. The van der Waals surface area contributed by atoms with Gasteiger partial charge in [-0.2, -0.15) is 0 Å². The predicted octanol–water partition coefficient (Wildman–Crippen LogP) is 5.20. The number of aldehydes is 1. The number of esters is 2. The second-order valence-electron chi connectivity index (χ2n) is 8.95. The number of unbranched alkanes of at least 4 members (excludes halogenated alkanes) is 12. The van der Waals surface area contributed by atoms with Crippen LogP contribution in [0.15, 0.2) is 12.2 Å². The predicted molar refractivity (Wildman–Crippen MR) is 133 cm³/mol. The molecule has 0 heterocycles. The maximum absolute atomic E-state index is 11.9. The molecule has 0 saturated carbocycles. The molecule has 0 aromatic rings. The number of carbonyl (C=O) groups is 3. The van der Waals surface area contributed by atoms with Crippen LogP contribution in [0.4, 0.5) is 0 Å². The van der Waals surface area contributed by atoms with E-state index in [1.54, 1.807) is 0 Å². The molecule has 7 nitrogen and oxygen atoms in total. The van der Waals surface area contributed by atoms with Crippen LogP contribution in [-0.4, -0.2) is 53.9 Å². The lowest BCUT2D eigenvalue weighted by molar-refractivity contribution is -0.157. The zero-order valence-corrected chi connectivity index (χ0v) is 21.3. The number of hydrogen-bond donors (Lipinski definition) is 2. The fraction of sp³-hybridized carbons (Fsp3) is 0.815. The lowest BCUT2D eigenvalue weighted by Crippen LogP contribution is -2.27. The van der Waals surface area contributed by atoms with Crippen LogP contribution in [0.3, 0.4) is 0 Å². The molecule has 0 aromatic carbocycles. The first kappa shape index (κ1) is 32.3. The van der Waals surface area contributed by atoms with Crippen molar-refractivity contribution in [2.24, 2.45) is 0 Å². The first-order valence-electron chi connectivity index (χ1n) is 13.3. The smallest absolute Gasteiger partial charge is 0.330 e. The summed E-state index contributed by atoms with van der Waals surface area (Å²) >= 11 is 0. The fourth-order valence-electron chi connectivity index (χ4n) is 3.57. The van der Waals surface area contributed by atoms with Crippen molar-refractivity contribution in [3.05, 3.63) is 12.2 Å². The van der Waals surface area contributed by atoms with Gasteiger partial charge in [0.05, 0.1) is 12.7 Å². The van der Waals surface area contributed by atoms with Gasteiger partial charge in [0, 0.05) is 18.9 Å². The van der Waals surface area contributed by atoms with Gasteiger partial charge in [-0.1, -0.05) is 90.0 Å². The largest absolute Gasteiger partial charge is 0.462 e. The van der Waals surface area contributed by atoms with Crippen molar-refractivity contribution in [3.8, 4) is 0 Å². The normalized spacial score (nSPS) is 13.0. The summed E-state index contributed by atoms with van der Waals surface area (Å²) in [6.07, 6.45) is 18.9. The third-order valence-electron chi connectivity index (χ3n) is 5.68. The van der Waals surface area contributed by atoms with Crippen molar-refractivity contribution < 1.29 is 34.1 Å². The van der Waals surface area contributed by atoms with Gasteiger partial charge in [0.25, 0.3) is 0 Å². The minimum Gasteiger partial charge on any atom is -0.462 e. The number of aliphatic hydroxyl groups is 2. The average Bonchev–Trinajstić information content (AvgIpc) is 2.83. The van der Waals surface area contributed by atoms with Crippen molar-refractivity contribution in [1.29, 1.82) is 0 Å². The highest BCUT2D eigenvalue weighted by atomic mass is 16.6. The molecule has 0 aliphatic rings. The summed E-state index contributed by atoms with van der Waals surface area (Å²) in [4.78, 5) is 33.9. The fourth-order valence-corrected chi connectivity index (χ4v) is 3.57. The summed E-state index contributed by atoms with van der Waals surface area (Å²) in [5.41, 5.74) is 0. The van der Waals surface area contributed by atoms with E-state index in [1.807, 2.05) is 0 Å². The standard InChI is InChI=1S/C27H48O7/c1-2-3-4-5-6-7-8-9-10-11-12-13-14-19-26(31)33-23-25(22-29)34-27(32)20-15-17-24(30)18-16-21-28/h15,20-21,24-25,29-30H,2-14,16-19,22-23H2,1H3/t24?,25-/m0/s1. The molecule has 0 fully saturated rings. The third-order valence-corrected chi connectivity index (χ3v) is 5.68. The second-order valence-corrected chi connectivity index (χ2v) is 8.95. The van der Waals surface area contributed by atoms with Gasteiger partial charge in [0.1, 0.15) is 12.9 Å². The molecular weight excluding hydrogens is 436 g/mol. The van der Waals surface area contributed by atoms with Crippen LogP contribution >= 0.6 is 0 Å². The van der Waals surface area contributed by atoms with Crippen molar-refractivity contribution in [3.63, 3.8) is 0 Å². The van der Waals surface area contributed by atoms with Gasteiger partial charge < -0.3 is 24.5 Å². The van der Waals surface area contributed by atoms with Crippen LogP contribution in [0.1, 0.15) is 116 Å². The van der Waals surface area contributed by atoms with Gasteiger partial charge in [-0.15, -0.1) is 0 Å². The summed E-state index contributed by atoms with van der Waals surface area (Å²) < 4.78 is 10.2. The average molecular weight is 485 g/mol. The molecular formula is C27H48O7. The van der Waals surface area contributed by atoms with Gasteiger partial charge in [0.2, 0.25) is 0 Å². The van der Waals surface area contributed by atoms with Crippen LogP contribution < -0.4 is 0 Å². The SMILES string of the molecule is CCCCCCCCCCCCCCCC(=O)OC[C@H](CO)OC(=O)C=CCC(O)CCC=O. The zero-order chi connectivity index (χ0) is 25.3. The molecule has 0 spiro atoms. The van der Waals surface area contributed by atoms with Crippen LogP contribution in [-0.2, 0) is 23.9 Å². The lowest BCUT2D eigenvalue weighted by Gasteiger charge is -2.14. The zero-order valence-electron chi connectivity index (χ0n) is 21.3. The molecule has 0 aliphatic heterocycles. The van der Waals surface area contributed by atoms with E-state index in [1.165, 1.54) is 70.3 Å². The third kappa shape index (κ3) is 22.1. The highest BCUT2D eigenvalue weighted by Crippen LogP contribution is 2.13. The number of aliphatic hydroxyl groups excluding tert-OH is 2. The Bertz CT molecular complexity index is 533. The lowest BCUT2D eigenvalue weighted by atomic mass is 10.0. The topological polar surface area (TPSA) is 110 Å². The van der Waals surface area contributed by atoms with Crippen molar-refractivity contribution >= 4 is 18.2 Å². The molecule has 0 amide bonds. The van der Waals surface area contributed by atoms with Crippen LogP contribution in [0.2, 0.25) is 0 Å². The van der Waals surface area contributed by atoms with Gasteiger partial charge in [0.15, 0.2) is 6.10 Å². The molecule has 1 unspecified atom stereocenters. The van der Waals surface area contributed by atoms with E-state index in [0.717, 1.165) is 31.6 Å². The monoisotopic (exact) mass is 484 g/mol. The maximum atomic E-state index is 11.9. The number of hydrogen-bond acceptors (Lipinski definition) is 7. The molecule has 7 heteroatoms. The number of rotatable bonds is 24. The number of carbonyl (C=O) groups excluding carboxylic acids is 3. The Morgan fingerprint density at radius 3 is 1.97 bits per heavy atom.